The minimum Gasteiger partial charge on any atom is -0.376 e. The molecule has 0 aromatic heterocycles. The summed E-state index contributed by atoms with van der Waals surface area (Å²) >= 11 is 5.80. The Morgan fingerprint density at radius 1 is 1.07 bits per heavy atom. The number of ether oxygens (including phenoxy) is 1. The van der Waals surface area contributed by atoms with Gasteiger partial charge in [0, 0.05) is 30.6 Å². The highest BCUT2D eigenvalue weighted by atomic mass is 35.5. The number of nitrogens with one attached hydrogen (secondary N) is 2. The molecule has 0 radical (unpaired) electrons. The molecule has 8 heteroatoms. The molecule has 2 N–H and O–H groups in total. The molecule has 1 aliphatic carbocycles. The number of sulfonamides is 1. The van der Waals surface area contributed by atoms with Gasteiger partial charge in [-0.1, -0.05) is 11.6 Å². The lowest BCUT2D eigenvalue weighted by Gasteiger charge is -2.28. The average molecular weight is 415 g/mol. The van der Waals surface area contributed by atoms with E-state index in [1.807, 2.05) is 0 Å². The first-order chi connectivity index (χ1) is 12.9. The second kappa shape index (κ2) is 9.37. The molecule has 1 aliphatic heterocycles. The number of benzene rings is 1. The monoisotopic (exact) mass is 414 g/mol. The Kier molecular flexibility index (Phi) is 7.14. The second-order valence-corrected chi connectivity index (χ2v) is 9.61. The van der Waals surface area contributed by atoms with E-state index in [-0.39, 0.29) is 28.7 Å². The van der Waals surface area contributed by atoms with Crippen molar-refractivity contribution in [2.45, 2.75) is 49.5 Å². The number of amides is 1. The first-order valence-electron chi connectivity index (χ1n) is 9.58. The van der Waals surface area contributed by atoms with Crippen LogP contribution in [0, 0.1) is 11.8 Å². The minimum absolute atomic E-state index is 0.0236. The van der Waals surface area contributed by atoms with Gasteiger partial charge in [0.25, 0.3) is 0 Å². The van der Waals surface area contributed by atoms with Gasteiger partial charge in [0.15, 0.2) is 0 Å². The van der Waals surface area contributed by atoms with Gasteiger partial charge in [0.05, 0.1) is 11.0 Å². The van der Waals surface area contributed by atoms with Crippen LogP contribution in [0.15, 0.2) is 29.2 Å². The molecule has 0 bridgehead atoms. The summed E-state index contributed by atoms with van der Waals surface area (Å²) in [7, 11) is -3.53. The molecule has 1 amide bonds. The topological polar surface area (TPSA) is 84.5 Å². The highest BCUT2D eigenvalue weighted by Gasteiger charge is 2.28. The minimum atomic E-state index is -3.53. The summed E-state index contributed by atoms with van der Waals surface area (Å²) in [5.41, 5.74) is 0. The summed E-state index contributed by atoms with van der Waals surface area (Å²) in [4.78, 5) is 12.5. The van der Waals surface area contributed by atoms with Gasteiger partial charge in [-0.2, -0.15) is 0 Å². The first kappa shape index (κ1) is 20.6. The fourth-order valence-electron chi connectivity index (χ4n) is 3.72. The quantitative estimate of drug-likeness (QED) is 0.718. The van der Waals surface area contributed by atoms with Crippen LogP contribution in [0.2, 0.25) is 5.02 Å². The number of rotatable bonds is 7. The lowest BCUT2D eigenvalue weighted by Crippen LogP contribution is -2.38. The van der Waals surface area contributed by atoms with Gasteiger partial charge in [0.1, 0.15) is 0 Å². The molecule has 1 aromatic rings. The summed E-state index contributed by atoms with van der Waals surface area (Å²) in [6.07, 6.45) is 5.53. The largest absolute Gasteiger partial charge is 0.376 e. The van der Waals surface area contributed by atoms with E-state index in [9.17, 15) is 13.2 Å². The molecule has 2 fully saturated rings. The van der Waals surface area contributed by atoms with E-state index in [0.717, 1.165) is 45.1 Å². The Hall–Kier alpha value is -1.15. The van der Waals surface area contributed by atoms with Crippen LogP contribution in [0.25, 0.3) is 0 Å². The zero-order chi connectivity index (χ0) is 19.3. The van der Waals surface area contributed by atoms with E-state index in [0.29, 0.717) is 18.1 Å². The van der Waals surface area contributed by atoms with E-state index in [1.165, 1.54) is 12.1 Å². The van der Waals surface area contributed by atoms with Crippen molar-refractivity contribution < 1.29 is 17.9 Å². The fourth-order valence-corrected chi connectivity index (χ4v) is 4.96. The van der Waals surface area contributed by atoms with Crippen LogP contribution >= 0.6 is 11.6 Å². The average Bonchev–Trinajstić information content (AvgIpc) is 3.19. The van der Waals surface area contributed by atoms with E-state index in [4.69, 9.17) is 16.3 Å². The van der Waals surface area contributed by atoms with E-state index >= 15 is 0 Å². The number of carbonyl (C=O) groups excluding carboxylic acids is 1. The standard InChI is InChI=1S/C19H27ClN2O4S/c20-16-7-9-18(10-8-16)27(24,25)22-12-14-3-5-15(6-4-14)19(23)21-13-17-2-1-11-26-17/h7-10,14-15,17,22H,1-6,11-13H2,(H,21,23). The van der Waals surface area contributed by atoms with Crippen molar-refractivity contribution in [2.75, 3.05) is 19.7 Å². The van der Waals surface area contributed by atoms with Gasteiger partial charge in [-0.15, -0.1) is 0 Å². The predicted molar refractivity (Wildman–Crippen MR) is 104 cm³/mol. The molecular weight excluding hydrogens is 388 g/mol. The van der Waals surface area contributed by atoms with E-state index < -0.39 is 10.0 Å². The first-order valence-corrected chi connectivity index (χ1v) is 11.4. The van der Waals surface area contributed by atoms with Gasteiger partial charge in [-0.05, 0) is 68.7 Å². The summed E-state index contributed by atoms with van der Waals surface area (Å²) in [6.45, 7) is 1.78. The molecule has 0 spiro atoms. The Morgan fingerprint density at radius 3 is 2.41 bits per heavy atom. The summed E-state index contributed by atoms with van der Waals surface area (Å²) in [6, 6.07) is 6.13. The Bertz CT molecular complexity index is 725. The third-order valence-corrected chi connectivity index (χ3v) is 7.12. The lowest BCUT2D eigenvalue weighted by molar-refractivity contribution is -0.126. The second-order valence-electron chi connectivity index (χ2n) is 7.40. The third kappa shape index (κ3) is 5.91. The molecular formula is C19H27ClN2O4S. The molecule has 150 valence electrons. The molecule has 1 aromatic carbocycles. The van der Waals surface area contributed by atoms with Crippen molar-refractivity contribution in [3.05, 3.63) is 29.3 Å². The van der Waals surface area contributed by atoms with Gasteiger partial charge >= 0.3 is 0 Å². The van der Waals surface area contributed by atoms with Crippen LogP contribution in [0.5, 0.6) is 0 Å². The Balaban J connectivity index is 1.40. The maximum Gasteiger partial charge on any atom is 0.240 e. The molecule has 3 rings (SSSR count). The molecule has 2 aliphatic rings. The van der Waals surface area contributed by atoms with Crippen molar-refractivity contribution in [3.8, 4) is 0 Å². The number of halogens is 1. The van der Waals surface area contributed by atoms with Crippen LogP contribution in [-0.2, 0) is 19.6 Å². The number of hydrogen-bond acceptors (Lipinski definition) is 4. The summed E-state index contributed by atoms with van der Waals surface area (Å²) in [5.74, 6) is 0.385. The SMILES string of the molecule is O=C(NCC1CCCO1)C1CCC(CNS(=O)(=O)c2ccc(Cl)cc2)CC1. The summed E-state index contributed by atoms with van der Waals surface area (Å²) in [5, 5.41) is 3.51. The molecule has 1 unspecified atom stereocenters. The molecule has 27 heavy (non-hydrogen) atoms. The van der Waals surface area contributed by atoms with Gasteiger partial charge < -0.3 is 10.1 Å². The maximum absolute atomic E-state index is 12.3. The highest BCUT2D eigenvalue weighted by Crippen LogP contribution is 2.29. The molecule has 1 heterocycles. The molecule has 1 atom stereocenters. The van der Waals surface area contributed by atoms with Crippen LogP contribution in [0.4, 0.5) is 0 Å². The maximum atomic E-state index is 12.3. The van der Waals surface area contributed by atoms with Crippen LogP contribution in [0.1, 0.15) is 38.5 Å². The zero-order valence-electron chi connectivity index (χ0n) is 15.3. The normalized spacial score (nSPS) is 26.0. The van der Waals surface area contributed by atoms with E-state index in [2.05, 4.69) is 10.0 Å². The van der Waals surface area contributed by atoms with Crippen LogP contribution < -0.4 is 10.0 Å². The van der Waals surface area contributed by atoms with E-state index in [1.54, 1.807) is 12.1 Å². The molecule has 1 saturated heterocycles. The van der Waals surface area contributed by atoms with Crippen molar-refractivity contribution in [2.24, 2.45) is 11.8 Å². The van der Waals surface area contributed by atoms with Crippen LogP contribution in [0.3, 0.4) is 0 Å². The fraction of sp³-hybridized carbons (Fsp3) is 0.632. The zero-order valence-corrected chi connectivity index (χ0v) is 16.9. The van der Waals surface area contributed by atoms with Crippen molar-refractivity contribution >= 4 is 27.5 Å². The number of carbonyl (C=O) groups is 1. The van der Waals surface area contributed by atoms with Crippen molar-refractivity contribution in [1.29, 1.82) is 0 Å². The van der Waals surface area contributed by atoms with Gasteiger partial charge in [-0.25, -0.2) is 13.1 Å². The predicted octanol–water partition coefficient (Wildman–Crippen LogP) is 2.72. The van der Waals surface area contributed by atoms with Crippen LogP contribution in [-0.4, -0.2) is 40.1 Å². The smallest absolute Gasteiger partial charge is 0.240 e. The summed E-state index contributed by atoms with van der Waals surface area (Å²) < 4.78 is 32.9. The third-order valence-electron chi connectivity index (χ3n) is 5.43. The molecule has 6 nitrogen and oxygen atoms in total. The van der Waals surface area contributed by atoms with Gasteiger partial charge in [0.2, 0.25) is 15.9 Å². The highest BCUT2D eigenvalue weighted by molar-refractivity contribution is 7.89. The molecule has 1 saturated carbocycles. The Labute approximate surface area is 166 Å². The Morgan fingerprint density at radius 2 is 1.78 bits per heavy atom. The number of hydrogen-bond donors (Lipinski definition) is 2. The van der Waals surface area contributed by atoms with Crippen molar-refractivity contribution in [3.63, 3.8) is 0 Å². The van der Waals surface area contributed by atoms with Gasteiger partial charge in [-0.3, -0.25) is 4.79 Å². The lowest BCUT2D eigenvalue weighted by atomic mass is 9.81. The van der Waals surface area contributed by atoms with Crippen molar-refractivity contribution in [1.82, 2.24) is 10.0 Å².